The summed E-state index contributed by atoms with van der Waals surface area (Å²) in [6.45, 7) is 5.98. The van der Waals surface area contributed by atoms with E-state index in [9.17, 15) is 56.7 Å². The molecule has 2 saturated heterocycles. The van der Waals surface area contributed by atoms with Crippen LogP contribution in [0.1, 0.15) is 102 Å². The molecule has 2 fully saturated rings. The molecule has 2 aromatic heterocycles. The fourth-order valence-corrected chi connectivity index (χ4v) is 11.3. The average Bonchev–Trinajstić information content (AvgIpc) is 4.19. The van der Waals surface area contributed by atoms with E-state index in [4.69, 9.17) is 0 Å². The molecule has 3 aromatic carbocycles. The maximum absolute atomic E-state index is 14.8. The van der Waals surface area contributed by atoms with Gasteiger partial charge in [0.05, 0.1) is 4.88 Å². The largest absolute Gasteiger partial charge is 0.399 e. The van der Waals surface area contributed by atoms with E-state index in [2.05, 4.69) is 27.8 Å². The second-order valence-electron chi connectivity index (χ2n) is 19.2. The third kappa shape index (κ3) is 11.5. The summed E-state index contributed by atoms with van der Waals surface area (Å²) < 4.78 is 41.0. The monoisotopic (exact) mass is 1050 g/mol. The predicted octanol–water partition coefficient (Wildman–Crippen LogP) is 7.12. The molecule has 0 bridgehead atoms. The lowest BCUT2D eigenvalue weighted by atomic mass is 9.85. The molecule has 0 saturated carbocycles. The fourth-order valence-electron chi connectivity index (χ4n) is 9.18. The quantitative estimate of drug-likeness (QED) is 0.0309. The van der Waals surface area contributed by atoms with Crippen molar-refractivity contribution < 1.29 is 56.7 Å². The Morgan fingerprint density at radius 1 is 0.986 bits per heavy atom. The van der Waals surface area contributed by atoms with Crippen LogP contribution in [-0.4, -0.2) is 98.7 Å². The van der Waals surface area contributed by atoms with Gasteiger partial charge in [0.25, 0.3) is 11.8 Å². The number of nitrogens with zero attached hydrogens (tertiary/aromatic N) is 3. The van der Waals surface area contributed by atoms with Crippen molar-refractivity contribution in [2.75, 3.05) is 24.5 Å². The molecule has 3 aliphatic rings. The SMILES string of the molecule is CC(C)(C)C(NC(=O)c1cc2cc(C(F)(F)P(=O)(O)O)ccc2s1)C(=O)N1CCCC1C(=O)N(CCC(=O)NCCCC#Cc1cccc2c1CN(C1CCC(=O)NC1=O)C2=O)c1ccc(-c2cccs2)cc1. The normalized spacial score (nSPS) is 17.4. The molecule has 3 unspecified atom stereocenters. The van der Waals surface area contributed by atoms with Crippen LogP contribution in [0.3, 0.4) is 0 Å². The maximum atomic E-state index is 14.8. The Balaban J connectivity index is 0.915. The molecule has 7 amide bonds. The van der Waals surface area contributed by atoms with E-state index in [1.165, 1.54) is 26.8 Å². The summed E-state index contributed by atoms with van der Waals surface area (Å²) in [5, 5.41) is 10.1. The number of likely N-dealkylation sites (tertiary alicyclic amines) is 1. The first-order valence-corrected chi connectivity index (χ1v) is 27.0. The highest BCUT2D eigenvalue weighted by molar-refractivity contribution is 7.52. The van der Waals surface area contributed by atoms with Crippen molar-refractivity contribution in [2.45, 2.75) is 96.1 Å². The first-order valence-electron chi connectivity index (χ1n) is 23.7. The van der Waals surface area contributed by atoms with Gasteiger partial charge in [0.15, 0.2) is 0 Å². The number of hydrogen-bond donors (Lipinski definition) is 5. The van der Waals surface area contributed by atoms with Gasteiger partial charge in [-0.3, -0.25) is 43.4 Å². The molecule has 21 heteroatoms. The minimum absolute atomic E-state index is 0.0117. The zero-order valence-electron chi connectivity index (χ0n) is 40.1. The first-order chi connectivity index (χ1) is 34.6. The Bertz CT molecular complexity index is 3100. The van der Waals surface area contributed by atoms with E-state index >= 15 is 0 Å². The molecule has 382 valence electrons. The lowest BCUT2D eigenvalue weighted by Crippen LogP contribution is -2.58. The number of fused-ring (bicyclic) bond motifs is 2. The van der Waals surface area contributed by atoms with Gasteiger partial charge in [-0.05, 0) is 102 Å². The lowest BCUT2D eigenvalue weighted by Gasteiger charge is -2.36. The van der Waals surface area contributed by atoms with Gasteiger partial charge in [0, 0.05) is 77.4 Å². The number of imide groups is 1. The Hall–Kier alpha value is -6.62. The van der Waals surface area contributed by atoms with Crippen molar-refractivity contribution in [3.8, 4) is 22.3 Å². The summed E-state index contributed by atoms with van der Waals surface area (Å²) in [5.41, 5.74) is -2.93. The molecular formula is C52H53F2N6O10PS2. The van der Waals surface area contributed by atoms with Crippen LogP contribution in [0.15, 0.2) is 84.2 Å². The molecule has 5 aromatic rings. The summed E-state index contributed by atoms with van der Waals surface area (Å²) >= 11 is 2.52. The van der Waals surface area contributed by atoms with Gasteiger partial charge >= 0.3 is 13.3 Å². The number of benzene rings is 3. The third-order valence-electron chi connectivity index (χ3n) is 13.1. The molecule has 0 spiro atoms. The van der Waals surface area contributed by atoms with Gasteiger partial charge in [-0.2, -0.15) is 8.78 Å². The van der Waals surface area contributed by atoms with E-state index in [0.29, 0.717) is 59.3 Å². The predicted molar refractivity (Wildman–Crippen MR) is 272 cm³/mol. The zero-order chi connectivity index (χ0) is 52.4. The number of rotatable bonds is 15. The number of amides is 7. The zero-order valence-corrected chi connectivity index (χ0v) is 42.6. The Morgan fingerprint density at radius 2 is 1.75 bits per heavy atom. The molecule has 3 atom stereocenters. The van der Waals surface area contributed by atoms with Crippen molar-refractivity contribution >= 4 is 87.4 Å². The number of alkyl halides is 2. The van der Waals surface area contributed by atoms with Crippen molar-refractivity contribution in [3.05, 3.63) is 111 Å². The first kappa shape index (κ1) is 52.7. The Kier molecular flexibility index (Phi) is 15.5. The molecular weight excluding hydrogens is 1000 g/mol. The van der Waals surface area contributed by atoms with Crippen LogP contribution in [0, 0.1) is 17.3 Å². The summed E-state index contributed by atoms with van der Waals surface area (Å²) in [6, 6.07) is 18.1. The number of thiophene rings is 2. The van der Waals surface area contributed by atoms with Crippen molar-refractivity contribution in [2.24, 2.45) is 5.41 Å². The minimum Gasteiger partial charge on any atom is -0.356 e. The molecule has 0 radical (unpaired) electrons. The number of piperidine rings is 1. The fraction of sp³-hybridized carbons (Fsp3) is 0.365. The van der Waals surface area contributed by atoms with Gasteiger partial charge in [-0.25, -0.2) is 0 Å². The van der Waals surface area contributed by atoms with E-state index < -0.39 is 66.0 Å². The number of carbonyl (C=O) groups is 7. The highest BCUT2D eigenvalue weighted by Crippen LogP contribution is 2.59. The summed E-state index contributed by atoms with van der Waals surface area (Å²) in [4.78, 5) is 118. The van der Waals surface area contributed by atoms with E-state index in [1.807, 2.05) is 35.7 Å². The van der Waals surface area contributed by atoms with Gasteiger partial charge in [0.1, 0.15) is 18.1 Å². The molecule has 73 heavy (non-hydrogen) atoms. The molecule has 5 N–H and O–H groups in total. The Labute approximate surface area is 427 Å². The molecule has 3 aliphatic heterocycles. The third-order valence-corrected chi connectivity index (χ3v) is 16.1. The number of carbonyl (C=O) groups excluding carboxylic acids is 7. The minimum atomic E-state index is -5.84. The van der Waals surface area contributed by atoms with E-state index in [0.717, 1.165) is 33.9 Å². The number of anilines is 1. The highest BCUT2D eigenvalue weighted by Gasteiger charge is 2.50. The van der Waals surface area contributed by atoms with E-state index in [-0.39, 0.29) is 66.9 Å². The van der Waals surface area contributed by atoms with Gasteiger partial charge in [0.2, 0.25) is 29.5 Å². The second kappa shape index (κ2) is 21.5. The molecule has 0 aliphatic carbocycles. The molecule has 5 heterocycles. The van der Waals surface area contributed by atoms with E-state index in [1.54, 1.807) is 56.4 Å². The number of nitrogens with one attached hydrogen (secondary N) is 3. The summed E-state index contributed by atoms with van der Waals surface area (Å²) in [5.74, 6) is 3.22. The number of hydrogen-bond acceptors (Lipinski definition) is 10. The highest BCUT2D eigenvalue weighted by atomic mass is 32.1. The maximum Gasteiger partial charge on any atom is 0.399 e. The summed E-state index contributed by atoms with van der Waals surface area (Å²) in [7, 11) is -5.84. The van der Waals surface area contributed by atoms with Gasteiger partial charge < -0.3 is 35.1 Å². The topological polar surface area (TPSA) is 223 Å². The van der Waals surface area contributed by atoms with Crippen LogP contribution in [0.2, 0.25) is 0 Å². The van der Waals surface area contributed by atoms with Crippen molar-refractivity contribution in [1.29, 1.82) is 0 Å². The van der Waals surface area contributed by atoms with Crippen LogP contribution in [0.25, 0.3) is 20.5 Å². The van der Waals surface area contributed by atoms with Gasteiger partial charge in [-0.1, -0.05) is 62.9 Å². The lowest BCUT2D eigenvalue weighted by molar-refractivity contribution is -0.141. The van der Waals surface area contributed by atoms with Gasteiger partial charge in [-0.15, -0.1) is 22.7 Å². The average molecular weight is 1060 g/mol. The van der Waals surface area contributed by atoms with Crippen LogP contribution >= 0.6 is 30.3 Å². The smallest absolute Gasteiger partial charge is 0.356 e. The van der Waals surface area contributed by atoms with Crippen molar-refractivity contribution in [1.82, 2.24) is 25.8 Å². The van der Waals surface area contributed by atoms with Crippen molar-refractivity contribution in [3.63, 3.8) is 0 Å². The Morgan fingerprint density at radius 3 is 2.45 bits per heavy atom. The number of halogens is 2. The van der Waals surface area contributed by atoms with Crippen LogP contribution in [0.5, 0.6) is 0 Å². The number of unbranched alkanes of at least 4 members (excludes halogenated alkanes) is 1. The second-order valence-corrected chi connectivity index (χ2v) is 22.8. The molecule has 8 rings (SSSR count). The van der Waals surface area contributed by atoms with Crippen LogP contribution in [0.4, 0.5) is 14.5 Å². The molecule has 16 nitrogen and oxygen atoms in total. The standard InChI is InChI=1S/C52H53F2N6O10PS2/c1-51(2,3)45(57-47(64)42-29-33-28-34(17-21-41(33)73-42)52(53,54)71(68,69)70)50(67)59-25-8-13-39(59)49(66)58(35-18-15-32(16-19-35)40-14-9-27-72-40)26-23-43(61)55-24-6-4-5-10-31-11-7-12-36-37(31)30-60(48(36)65)38-20-22-44(62)56-46(38)63/h7,9,11-12,14-19,21,27-29,38-39,45H,4,6,8,13,20,22-26,30H2,1-3H3,(H,55,61)(H,57,64)(H,56,62,63)(H2,68,69,70). The van der Waals surface area contributed by atoms with Crippen LogP contribution < -0.4 is 20.9 Å². The van der Waals surface area contributed by atoms with Crippen LogP contribution in [-0.2, 0) is 40.7 Å². The summed E-state index contributed by atoms with van der Waals surface area (Å²) in [6.07, 6.45) is 2.09.